The molecule has 2 aromatic carbocycles. The Kier molecular flexibility index (Phi) is 2.63. The van der Waals surface area contributed by atoms with E-state index in [4.69, 9.17) is 4.74 Å². The molecule has 19 heavy (non-hydrogen) atoms. The van der Waals surface area contributed by atoms with Crippen LogP contribution < -0.4 is 4.74 Å². The minimum Gasteiger partial charge on any atom is -0.485 e. The second-order valence-corrected chi connectivity index (χ2v) is 4.56. The van der Waals surface area contributed by atoms with Crippen LogP contribution in [0.15, 0.2) is 30.8 Å². The third kappa shape index (κ3) is 1.65. The summed E-state index contributed by atoms with van der Waals surface area (Å²) < 4.78 is 33.6. The van der Waals surface area contributed by atoms with Crippen LogP contribution in [0.4, 0.5) is 8.78 Å². The zero-order valence-electron chi connectivity index (χ0n) is 10.5. The molecular weight excluding hydrogens is 246 g/mol. The molecule has 1 nitrogen and oxygen atoms in total. The molecule has 1 aliphatic rings. The van der Waals surface area contributed by atoms with Crippen LogP contribution in [0.3, 0.4) is 0 Å². The van der Waals surface area contributed by atoms with Gasteiger partial charge in [0, 0.05) is 16.7 Å². The number of fused-ring (bicyclic) bond motifs is 3. The highest BCUT2D eigenvalue weighted by Gasteiger charge is 2.24. The van der Waals surface area contributed by atoms with Gasteiger partial charge in [-0.2, -0.15) is 0 Å². The number of halogens is 2. The third-order valence-electron chi connectivity index (χ3n) is 3.43. The monoisotopic (exact) mass is 258 g/mol. The van der Waals surface area contributed by atoms with Crippen LogP contribution in [-0.2, 0) is 6.61 Å². The fourth-order valence-corrected chi connectivity index (χ4v) is 2.36. The van der Waals surface area contributed by atoms with E-state index in [9.17, 15) is 8.78 Å². The third-order valence-corrected chi connectivity index (χ3v) is 3.43. The van der Waals surface area contributed by atoms with Gasteiger partial charge in [0.15, 0.2) is 11.6 Å². The van der Waals surface area contributed by atoms with Gasteiger partial charge in [0.05, 0.1) is 0 Å². The fourth-order valence-electron chi connectivity index (χ4n) is 2.36. The minimum atomic E-state index is -0.445. The van der Waals surface area contributed by atoms with Crippen molar-refractivity contribution in [1.29, 1.82) is 0 Å². The number of hydrogen-bond acceptors (Lipinski definition) is 1. The van der Waals surface area contributed by atoms with Crippen LogP contribution >= 0.6 is 0 Å². The number of aryl methyl sites for hydroxylation is 1. The van der Waals surface area contributed by atoms with Gasteiger partial charge in [0.1, 0.15) is 12.4 Å². The molecule has 0 fully saturated rings. The molecule has 0 aliphatic carbocycles. The van der Waals surface area contributed by atoms with E-state index in [0.717, 1.165) is 0 Å². The first kappa shape index (κ1) is 11.9. The molecule has 1 aliphatic heterocycles. The molecule has 0 radical (unpaired) electrons. The normalized spacial score (nSPS) is 12.4. The number of hydrogen-bond donors (Lipinski definition) is 0. The molecule has 2 aromatic rings. The van der Waals surface area contributed by atoms with E-state index < -0.39 is 5.82 Å². The van der Waals surface area contributed by atoms with Crippen molar-refractivity contribution in [2.45, 2.75) is 13.5 Å². The maximum atomic E-state index is 14.1. The average molecular weight is 258 g/mol. The molecule has 0 atom stereocenters. The van der Waals surface area contributed by atoms with Gasteiger partial charge in [-0.05, 0) is 24.1 Å². The maximum absolute atomic E-state index is 14.1. The molecule has 0 saturated carbocycles. The first-order chi connectivity index (χ1) is 9.13. The van der Waals surface area contributed by atoms with E-state index in [1.54, 1.807) is 25.1 Å². The van der Waals surface area contributed by atoms with Crippen LogP contribution in [0.25, 0.3) is 17.2 Å². The van der Waals surface area contributed by atoms with E-state index in [2.05, 4.69) is 6.58 Å². The van der Waals surface area contributed by atoms with Gasteiger partial charge in [-0.25, -0.2) is 8.78 Å². The summed E-state index contributed by atoms with van der Waals surface area (Å²) in [5.41, 5.74) is 2.71. The summed E-state index contributed by atoms with van der Waals surface area (Å²) in [6.45, 7) is 5.31. The van der Waals surface area contributed by atoms with Crippen LogP contribution in [0.5, 0.6) is 5.75 Å². The molecule has 3 rings (SSSR count). The first-order valence-corrected chi connectivity index (χ1v) is 5.99. The second kappa shape index (κ2) is 4.19. The van der Waals surface area contributed by atoms with Gasteiger partial charge >= 0.3 is 0 Å². The molecule has 0 saturated heterocycles. The molecule has 0 unspecified atom stereocenters. The first-order valence-electron chi connectivity index (χ1n) is 5.99. The lowest BCUT2D eigenvalue weighted by molar-refractivity contribution is 0.280. The van der Waals surface area contributed by atoms with Crippen molar-refractivity contribution in [3.05, 3.63) is 59.2 Å². The molecule has 3 heteroatoms. The lowest BCUT2D eigenvalue weighted by Crippen LogP contribution is -2.10. The van der Waals surface area contributed by atoms with E-state index in [0.29, 0.717) is 27.8 Å². The van der Waals surface area contributed by atoms with Gasteiger partial charge in [-0.15, -0.1) is 0 Å². The summed E-state index contributed by atoms with van der Waals surface area (Å²) in [5, 5.41) is 0. The summed E-state index contributed by atoms with van der Waals surface area (Å²) in [6, 6.07) is 6.87. The smallest absolute Gasteiger partial charge is 0.172 e. The van der Waals surface area contributed by atoms with Crippen molar-refractivity contribution < 1.29 is 13.5 Å². The summed E-state index contributed by atoms with van der Waals surface area (Å²) in [6.07, 6.45) is 1.43. The molecule has 0 spiro atoms. The zero-order valence-corrected chi connectivity index (χ0v) is 10.5. The summed E-state index contributed by atoms with van der Waals surface area (Å²) in [5.74, 6) is -0.552. The summed E-state index contributed by atoms with van der Waals surface area (Å²) in [4.78, 5) is 0. The second-order valence-electron chi connectivity index (χ2n) is 4.56. The Morgan fingerprint density at radius 3 is 2.58 bits per heavy atom. The van der Waals surface area contributed by atoms with Crippen molar-refractivity contribution in [2.24, 2.45) is 0 Å². The predicted octanol–water partition coefficient (Wildman–Crippen LogP) is 4.48. The molecule has 0 aromatic heterocycles. The molecule has 1 heterocycles. The van der Waals surface area contributed by atoms with Crippen molar-refractivity contribution in [3.8, 4) is 16.9 Å². The molecule has 0 amide bonds. The lowest BCUT2D eigenvalue weighted by Gasteiger charge is -2.23. The molecule has 96 valence electrons. The molecule has 0 N–H and O–H groups in total. The van der Waals surface area contributed by atoms with Crippen LogP contribution in [0.1, 0.15) is 16.7 Å². The van der Waals surface area contributed by atoms with Gasteiger partial charge in [0.2, 0.25) is 0 Å². The van der Waals surface area contributed by atoms with Gasteiger partial charge in [-0.3, -0.25) is 0 Å². The zero-order chi connectivity index (χ0) is 13.6. The Balaban J connectivity index is 2.29. The number of rotatable bonds is 1. The predicted molar refractivity (Wildman–Crippen MR) is 71.0 cm³/mol. The van der Waals surface area contributed by atoms with Gasteiger partial charge in [0.25, 0.3) is 0 Å². The van der Waals surface area contributed by atoms with Crippen LogP contribution in [0.2, 0.25) is 0 Å². The van der Waals surface area contributed by atoms with Crippen LogP contribution in [-0.4, -0.2) is 0 Å². The Morgan fingerprint density at radius 1 is 1.11 bits per heavy atom. The Labute approximate surface area is 110 Å². The average Bonchev–Trinajstić information content (AvgIpc) is 2.43. The Hall–Kier alpha value is -2.16. The Morgan fingerprint density at radius 2 is 1.84 bits per heavy atom. The standard InChI is InChI=1S/C16H12F2O/c1-3-10-5-7-12-11-6-4-9(2)14(17)13(11)8-19-16(12)15(10)18/h3-7H,1,8H2,2H3. The fraction of sp³-hybridized carbons (Fsp3) is 0.125. The highest BCUT2D eigenvalue weighted by molar-refractivity contribution is 5.77. The van der Waals surface area contributed by atoms with Crippen molar-refractivity contribution in [2.75, 3.05) is 0 Å². The van der Waals surface area contributed by atoms with Crippen molar-refractivity contribution >= 4 is 6.08 Å². The number of benzene rings is 2. The van der Waals surface area contributed by atoms with E-state index in [1.165, 1.54) is 6.08 Å². The van der Waals surface area contributed by atoms with E-state index in [1.807, 2.05) is 6.07 Å². The van der Waals surface area contributed by atoms with Crippen LogP contribution in [0, 0.1) is 18.6 Å². The van der Waals surface area contributed by atoms with E-state index in [-0.39, 0.29) is 18.2 Å². The maximum Gasteiger partial charge on any atom is 0.172 e. The SMILES string of the molecule is C=Cc1ccc2c(c1F)OCc1c-2ccc(C)c1F. The largest absolute Gasteiger partial charge is 0.485 e. The van der Waals surface area contributed by atoms with Crippen molar-refractivity contribution in [1.82, 2.24) is 0 Å². The lowest BCUT2D eigenvalue weighted by atomic mass is 9.93. The number of ether oxygens (including phenoxy) is 1. The summed E-state index contributed by atoms with van der Waals surface area (Å²) >= 11 is 0. The highest BCUT2D eigenvalue weighted by atomic mass is 19.1. The summed E-state index contributed by atoms with van der Waals surface area (Å²) in [7, 11) is 0. The molecule has 0 bridgehead atoms. The van der Waals surface area contributed by atoms with Crippen molar-refractivity contribution in [3.63, 3.8) is 0 Å². The quantitative estimate of drug-likeness (QED) is 0.733. The Bertz CT molecular complexity index is 690. The van der Waals surface area contributed by atoms with E-state index >= 15 is 0 Å². The van der Waals surface area contributed by atoms with Gasteiger partial charge in [-0.1, -0.05) is 30.9 Å². The minimum absolute atomic E-state index is 0.0490. The highest BCUT2D eigenvalue weighted by Crippen LogP contribution is 2.41. The molecular formula is C16H12F2O. The topological polar surface area (TPSA) is 9.23 Å². The van der Waals surface area contributed by atoms with Gasteiger partial charge < -0.3 is 4.74 Å².